The number of carbonyl (C=O) groups excluding carboxylic acids is 1. The van der Waals surface area contributed by atoms with E-state index in [2.05, 4.69) is 48.3 Å². The van der Waals surface area contributed by atoms with Crippen molar-refractivity contribution in [2.45, 2.75) is 31.1 Å². The van der Waals surface area contributed by atoms with Gasteiger partial charge < -0.3 is 10.1 Å². The first-order chi connectivity index (χ1) is 15.2. The van der Waals surface area contributed by atoms with E-state index in [1.165, 1.54) is 34.2 Å². The minimum absolute atomic E-state index is 0.126. The zero-order valence-electron chi connectivity index (χ0n) is 18.4. The Kier molecular flexibility index (Phi) is 9.68. The van der Waals surface area contributed by atoms with Gasteiger partial charge >= 0.3 is 0 Å². The molecule has 0 heterocycles. The van der Waals surface area contributed by atoms with Gasteiger partial charge in [0, 0.05) is 18.8 Å². The number of halogens is 1. The third kappa shape index (κ3) is 6.79. The summed E-state index contributed by atoms with van der Waals surface area (Å²) >= 11 is 3.49. The molecule has 0 aliphatic rings. The molecular weight excluding hydrogens is 492 g/mol. The van der Waals surface area contributed by atoms with E-state index in [0.29, 0.717) is 17.4 Å². The number of amides is 1. The van der Waals surface area contributed by atoms with Crippen LogP contribution in [0.1, 0.15) is 31.7 Å². The van der Waals surface area contributed by atoms with Crippen molar-refractivity contribution >= 4 is 37.5 Å². The highest BCUT2D eigenvalue weighted by Gasteiger charge is 2.22. The molecule has 0 radical (unpaired) electrons. The summed E-state index contributed by atoms with van der Waals surface area (Å²) in [5.41, 5.74) is 1.67. The number of sulfonamides is 1. The summed E-state index contributed by atoms with van der Waals surface area (Å²) in [6.07, 6.45) is 4.08. The topological polar surface area (TPSA) is 75.7 Å². The zero-order chi connectivity index (χ0) is 23.7. The van der Waals surface area contributed by atoms with Crippen LogP contribution in [0.15, 0.2) is 77.1 Å². The molecule has 0 aromatic heterocycles. The van der Waals surface area contributed by atoms with E-state index in [9.17, 15) is 13.2 Å². The molecule has 2 aromatic rings. The number of carbonyl (C=O) groups is 1. The molecule has 0 bridgehead atoms. The summed E-state index contributed by atoms with van der Waals surface area (Å²) in [7, 11) is -3.69. The minimum atomic E-state index is -3.69. The fourth-order valence-electron chi connectivity index (χ4n) is 2.93. The largest absolute Gasteiger partial charge is 0.483 e. The molecule has 0 aliphatic carbocycles. The molecule has 1 unspecified atom stereocenters. The second-order valence-corrected chi connectivity index (χ2v) is 10.1. The number of ether oxygens (including phenoxy) is 1. The summed E-state index contributed by atoms with van der Waals surface area (Å²) in [5, 5.41) is 2.71. The standard InChI is InChI=1S/C24H29BrN2O4S/c1-5-14-27(15-6-2)32(29,30)21-11-9-20(10-12-21)26-24(28)17-31-23-13-8-19(16-22(23)25)18(4)7-3/h5-6,8-13,16,18H,1-2,7,14-15,17H2,3-4H3,(H,26,28). The van der Waals surface area contributed by atoms with Crippen LogP contribution in [-0.2, 0) is 14.8 Å². The third-order valence-electron chi connectivity index (χ3n) is 4.94. The highest BCUT2D eigenvalue weighted by molar-refractivity contribution is 9.10. The van der Waals surface area contributed by atoms with Crippen molar-refractivity contribution in [3.8, 4) is 5.75 Å². The summed E-state index contributed by atoms with van der Waals surface area (Å²) in [6.45, 7) is 11.7. The SMILES string of the molecule is C=CCN(CC=C)S(=O)(=O)c1ccc(NC(=O)COc2ccc(C(C)CC)cc2Br)cc1. The molecular formula is C24H29BrN2O4S. The molecule has 172 valence electrons. The summed E-state index contributed by atoms with van der Waals surface area (Å²) < 4.78 is 33.2. The molecule has 0 spiro atoms. The van der Waals surface area contributed by atoms with Gasteiger partial charge in [0.1, 0.15) is 5.75 Å². The number of hydrogen-bond donors (Lipinski definition) is 1. The second kappa shape index (κ2) is 12.0. The maximum absolute atomic E-state index is 12.7. The third-order valence-corrected chi connectivity index (χ3v) is 7.40. The zero-order valence-corrected chi connectivity index (χ0v) is 20.8. The molecule has 2 aromatic carbocycles. The molecule has 6 nitrogen and oxygen atoms in total. The molecule has 1 amide bonds. The van der Waals surface area contributed by atoms with E-state index >= 15 is 0 Å². The molecule has 1 N–H and O–H groups in total. The lowest BCUT2D eigenvalue weighted by Crippen LogP contribution is -2.31. The van der Waals surface area contributed by atoms with E-state index in [-0.39, 0.29) is 30.5 Å². The maximum Gasteiger partial charge on any atom is 0.262 e. The second-order valence-electron chi connectivity index (χ2n) is 7.26. The first-order valence-electron chi connectivity index (χ1n) is 10.3. The monoisotopic (exact) mass is 520 g/mol. The molecule has 0 aliphatic heterocycles. The molecule has 8 heteroatoms. The highest BCUT2D eigenvalue weighted by Crippen LogP contribution is 2.30. The van der Waals surface area contributed by atoms with Crippen LogP contribution < -0.4 is 10.1 Å². The molecule has 1 atom stereocenters. The van der Waals surface area contributed by atoms with Crippen molar-refractivity contribution in [2.75, 3.05) is 25.0 Å². The Labute approximate surface area is 199 Å². The fourth-order valence-corrected chi connectivity index (χ4v) is 4.83. The molecule has 0 fully saturated rings. The Morgan fingerprint density at radius 3 is 2.31 bits per heavy atom. The van der Waals surface area contributed by atoms with Gasteiger partial charge in [0.05, 0.1) is 9.37 Å². The van der Waals surface area contributed by atoms with Crippen LogP contribution in [0, 0.1) is 0 Å². The molecule has 32 heavy (non-hydrogen) atoms. The van der Waals surface area contributed by atoms with Crippen LogP contribution in [-0.4, -0.2) is 38.3 Å². The number of rotatable bonds is 12. The Morgan fingerprint density at radius 1 is 1.16 bits per heavy atom. The predicted molar refractivity (Wildman–Crippen MR) is 133 cm³/mol. The molecule has 0 saturated carbocycles. The van der Waals surface area contributed by atoms with Gasteiger partial charge in [-0.05, 0) is 70.2 Å². The van der Waals surface area contributed by atoms with Crippen LogP contribution in [0.2, 0.25) is 0 Å². The predicted octanol–water partition coefficient (Wildman–Crippen LogP) is 5.34. The minimum Gasteiger partial charge on any atom is -0.483 e. The normalized spacial score (nSPS) is 12.2. The Bertz CT molecular complexity index is 1040. The lowest BCUT2D eigenvalue weighted by Gasteiger charge is -2.19. The van der Waals surface area contributed by atoms with Crippen molar-refractivity contribution in [2.24, 2.45) is 0 Å². The van der Waals surface area contributed by atoms with Crippen molar-refractivity contribution in [3.63, 3.8) is 0 Å². The molecule has 0 saturated heterocycles. The van der Waals surface area contributed by atoms with Gasteiger partial charge in [0.15, 0.2) is 6.61 Å². The van der Waals surface area contributed by atoms with Gasteiger partial charge in [-0.3, -0.25) is 4.79 Å². The Hall–Kier alpha value is -2.42. The first-order valence-corrected chi connectivity index (χ1v) is 12.5. The van der Waals surface area contributed by atoms with Gasteiger partial charge in [0.25, 0.3) is 5.91 Å². The number of nitrogens with zero attached hydrogens (tertiary/aromatic N) is 1. The quantitative estimate of drug-likeness (QED) is 0.383. The van der Waals surface area contributed by atoms with E-state index in [4.69, 9.17) is 4.74 Å². The van der Waals surface area contributed by atoms with Gasteiger partial charge in [-0.15, -0.1) is 13.2 Å². The summed E-state index contributed by atoms with van der Waals surface area (Å²) in [4.78, 5) is 12.4. The van der Waals surface area contributed by atoms with Gasteiger partial charge in [-0.1, -0.05) is 32.1 Å². The number of hydrogen-bond acceptors (Lipinski definition) is 4. The number of benzene rings is 2. The van der Waals surface area contributed by atoms with E-state index < -0.39 is 10.0 Å². The highest BCUT2D eigenvalue weighted by atomic mass is 79.9. The van der Waals surface area contributed by atoms with Gasteiger partial charge in [-0.25, -0.2) is 8.42 Å². The molecule has 2 rings (SSSR count). The van der Waals surface area contributed by atoms with E-state index in [0.717, 1.165) is 10.9 Å². The van der Waals surface area contributed by atoms with Crippen molar-refractivity contribution in [1.29, 1.82) is 0 Å². The number of anilines is 1. The van der Waals surface area contributed by atoms with E-state index in [1.54, 1.807) is 12.1 Å². The smallest absolute Gasteiger partial charge is 0.262 e. The van der Waals surface area contributed by atoms with Crippen LogP contribution >= 0.6 is 15.9 Å². The van der Waals surface area contributed by atoms with Gasteiger partial charge in [-0.2, -0.15) is 4.31 Å². The Morgan fingerprint density at radius 2 is 1.78 bits per heavy atom. The van der Waals surface area contributed by atoms with Crippen molar-refractivity contribution in [3.05, 3.63) is 77.8 Å². The van der Waals surface area contributed by atoms with Crippen LogP contribution in [0.3, 0.4) is 0 Å². The van der Waals surface area contributed by atoms with Crippen molar-refractivity contribution < 1.29 is 17.9 Å². The lowest BCUT2D eigenvalue weighted by molar-refractivity contribution is -0.118. The first kappa shape index (κ1) is 25.8. The summed E-state index contributed by atoms with van der Waals surface area (Å²) in [5.74, 6) is 0.674. The van der Waals surface area contributed by atoms with E-state index in [1.807, 2.05) is 18.2 Å². The average Bonchev–Trinajstić information content (AvgIpc) is 2.77. The van der Waals surface area contributed by atoms with Crippen LogP contribution in [0.5, 0.6) is 5.75 Å². The summed E-state index contributed by atoms with van der Waals surface area (Å²) in [6, 6.07) is 11.8. The lowest BCUT2D eigenvalue weighted by atomic mass is 9.99. The van der Waals surface area contributed by atoms with Crippen molar-refractivity contribution in [1.82, 2.24) is 4.31 Å². The maximum atomic E-state index is 12.7. The Balaban J connectivity index is 2.00. The van der Waals surface area contributed by atoms with Crippen LogP contribution in [0.4, 0.5) is 5.69 Å². The van der Waals surface area contributed by atoms with Crippen LogP contribution in [0.25, 0.3) is 0 Å². The number of nitrogens with one attached hydrogen (secondary N) is 1. The average molecular weight is 521 g/mol. The van der Waals surface area contributed by atoms with Gasteiger partial charge in [0.2, 0.25) is 10.0 Å². The fraction of sp³-hybridized carbons (Fsp3) is 0.292.